The van der Waals surface area contributed by atoms with Gasteiger partial charge in [-0.05, 0) is 24.1 Å². The van der Waals surface area contributed by atoms with Gasteiger partial charge in [-0.3, -0.25) is 0 Å². The Labute approximate surface area is 129 Å². The first-order chi connectivity index (χ1) is 10.0. The lowest BCUT2D eigenvalue weighted by Crippen LogP contribution is -2.37. The van der Waals surface area contributed by atoms with Gasteiger partial charge >= 0.3 is 6.03 Å². The summed E-state index contributed by atoms with van der Waals surface area (Å²) in [5.74, 6) is 0. The number of carbonyl (C=O) groups excluding carboxylic acids is 1. The van der Waals surface area contributed by atoms with Crippen LogP contribution in [0.5, 0.6) is 0 Å². The van der Waals surface area contributed by atoms with Crippen molar-refractivity contribution in [2.24, 2.45) is 0 Å². The SMILES string of the molecule is CCCCCCNC(=O)N(C)Cc1ccc(N(C)C)cc1. The van der Waals surface area contributed by atoms with Gasteiger partial charge in [-0.2, -0.15) is 0 Å². The second kappa shape index (κ2) is 9.27. The number of carbonyl (C=O) groups is 1. The Balaban J connectivity index is 2.34. The molecule has 4 nitrogen and oxygen atoms in total. The molecule has 0 heterocycles. The summed E-state index contributed by atoms with van der Waals surface area (Å²) in [6.07, 6.45) is 4.71. The Hall–Kier alpha value is -1.71. The molecule has 0 bridgehead atoms. The average molecular weight is 291 g/mol. The van der Waals surface area contributed by atoms with Crippen LogP contribution in [0.4, 0.5) is 10.5 Å². The van der Waals surface area contributed by atoms with Crippen molar-refractivity contribution in [3.8, 4) is 0 Å². The van der Waals surface area contributed by atoms with Crippen molar-refractivity contribution in [3.63, 3.8) is 0 Å². The summed E-state index contributed by atoms with van der Waals surface area (Å²) < 4.78 is 0. The molecule has 118 valence electrons. The maximum Gasteiger partial charge on any atom is 0.317 e. The Morgan fingerprint density at radius 1 is 1.05 bits per heavy atom. The van der Waals surface area contributed by atoms with Gasteiger partial charge < -0.3 is 15.1 Å². The van der Waals surface area contributed by atoms with Crippen LogP contribution in [-0.2, 0) is 6.54 Å². The van der Waals surface area contributed by atoms with Crippen LogP contribution in [0.1, 0.15) is 38.2 Å². The number of benzene rings is 1. The minimum Gasteiger partial charge on any atom is -0.378 e. The average Bonchev–Trinajstić information content (AvgIpc) is 2.47. The predicted octanol–water partition coefficient (Wildman–Crippen LogP) is 3.47. The summed E-state index contributed by atoms with van der Waals surface area (Å²) >= 11 is 0. The van der Waals surface area contributed by atoms with Gasteiger partial charge in [0.2, 0.25) is 0 Å². The van der Waals surface area contributed by atoms with Crippen LogP contribution in [0, 0.1) is 0 Å². The third-order valence-corrected chi connectivity index (χ3v) is 3.53. The first-order valence-corrected chi connectivity index (χ1v) is 7.79. The van der Waals surface area contributed by atoms with Crippen molar-refractivity contribution >= 4 is 11.7 Å². The number of amides is 2. The molecule has 2 amide bonds. The van der Waals surface area contributed by atoms with Gasteiger partial charge in [0.05, 0.1) is 0 Å². The molecular weight excluding hydrogens is 262 g/mol. The third kappa shape index (κ3) is 6.52. The molecule has 1 rings (SSSR count). The lowest BCUT2D eigenvalue weighted by Gasteiger charge is -2.19. The zero-order valence-electron chi connectivity index (χ0n) is 13.9. The van der Waals surface area contributed by atoms with Crippen molar-refractivity contribution in [1.82, 2.24) is 10.2 Å². The standard InChI is InChI=1S/C17H29N3O/c1-5-6-7-8-13-18-17(21)20(4)14-15-9-11-16(12-10-15)19(2)3/h9-12H,5-8,13-14H2,1-4H3,(H,18,21). The smallest absolute Gasteiger partial charge is 0.317 e. The quantitative estimate of drug-likeness (QED) is 0.744. The second-order valence-electron chi connectivity index (χ2n) is 5.71. The van der Waals surface area contributed by atoms with Gasteiger partial charge in [0.1, 0.15) is 0 Å². The molecule has 0 saturated heterocycles. The summed E-state index contributed by atoms with van der Waals surface area (Å²) in [6, 6.07) is 8.29. The molecule has 0 aliphatic carbocycles. The largest absolute Gasteiger partial charge is 0.378 e. The molecule has 0 fully saturated rings. The molecule has 0 spiro atoms. The van der Waals surface area contributed by atoms with Crippen molar-refractivity contribution in [2.45, 2.75) is 39.2 Å². The van der Waals surface area contributed by atoms with E-state index in [2.05, 4.69) is 41.4 Å². The highest BCUT2D eigenvalue weighted by molar-refractivity contribution is 5.73. The van der Waals surface area contributed by atoms with Gasteiger partial charge in [-0.15, -0.1) is 0 Å². The van der Waals surface area contributed by atoms with Gasteiger partial charge in [-0.1, -0.05) is 38.3 Å². The lowest BCUT2D eigenvalue weighted by molar-refractivity contribution is 0.206. The fourth-order valence-electron chi connectivity index (χ4n) is 2.13. The van der Waals surface area contributed by atoms with E-state index in [4.69, 9.17) is 0 Å². The van der Waals surface area contributed by atoms with E-state index in [0.29, 0.717) is 6.54 Å². The zero-order chi connectivity index (χ0) is 15.7. The number of hydrogen-bond donors (Lipinski definition) is 1. The molecule has 0 atom stereocenters. The fraction of sp³-hybridized carbons (Fsp3) is 0.588. The summed E-state index contributed by atoms with van der Waals surface area (Å²) in [6.45, 7) is 3.59. The number of unbranched alkanes of at least 4 members (excludes halogenated alkanes) is 3. The molecule has 0 aliphatic rings. The Morgan fingerprint density at radius 3 is 2.29 bits per heavy atom. The normalized spacial score (nSPS) is 10.3. The maximum atomic E-state index is 12.0. The van der Waals surface area contributed by atoms with Crippen LogP contribution in [0.2, 0.25) is 0 Å². The molecular formula is C17H29N3O. The molecule has 1 N–H and O–H groups in total. The van der Waals surface area contributed by atoms with Gasteiger partial charge in [0.15, 0.2) is 0 Å². The monoisotopic (exact) mass is 291 g/mol. The lowest BCUT2D eigenvalue weighted by atomic mass is 10.2. The number of hydrogen-bond acceptors (Lipinski definition) is 2. The fourth-order valence-corrected chi connectivity index (χ4v) is 2.13. The topological polar surface area (TPSA) is 35.6 Å². The predicted molar refractivity (Wildman–Crippen MR) is 89.8 cm³/mol. The highest BCUT2D eigenvalue weighted by Crippen LogP contribution is 2.13. The number of nitrogens with zero attached hydrogens (tertiary/aromatic N) is 2. The molecule has 21 heavy (non-hydrogen) atoms. The van der Waals surface area contributed by atoms with Crippen molar-refractivity contribution in [2.75, 3.05) is 32.6 Å². The maximum absolute atomic E-state index is 12.0. The molecule has 4 heteroatoms. The highest BCUT2D eigenvalue weighted by atomic mass is 16.2. The number of urea groups is 1. The van der Waals surface area contributed by atoms with Gasteiger partial charge in [-0.25, -0.2) is 4.79 Å². The van der Waals surface area contributed by atoms with Gasteiger partial charge in [0.25, 0.3) is 0 Å². The summed E-state index contributed by atoms with van der Waals surface area (Å²) in [5, 5.41) is 2.97. The van der Waals surface area contributed by atoms with Crippen LogP contribution < -0.4 is 10.2 Å². The van der Waals surface area contributed by atoms with Crippen LogP contribution in [0.15, 0.2) is 24.3 Å². The first-order valence-electron chi connectivity index (χ1n) is 7.79. The summed E-state index contributed by atoms with van der Waals surface area (Å²) in [5.41, 5.74) is 2.31. The molecule has 0 aliphatic heterocycles. The molecule has 0 unspecified atom stereocenters. The minimum absolute atomic E-state index is 0.00295. The Bertz CT molecular complexity index is 415. The Morgan fingerprint density at radius 2 is 1.71 bits per heavy atom. The van der Waals surface area contributed by atoms with Crippen LogP contribution in [0.25, 0.3) is 0 Å². The minimum atomic E-state index is 0.00295. The number of rotatable bonds is 8. The van der Waals surface area contributed by atoms with Crippen molar-refractivity contribution in [1.29, 1.82) is 0 Å². The molecule has 0 saturated carbocycles. The first kappa shape index (κ1) is 17.3. The Kier molecular flexibility index (Phi) is 7.65. The van der Waals surface area contributed by atoms with Crippen LogP contribution in [0.3, 0.4) is 0 Å². The second-order valence-corrected chi connectivity index (χ2v) is 5.71. The highest BCUT2D eigenvalue weighted by Gasteiger charge is 2.08. The van der Waals surface area contributed by atoms with E-state index in [0.717, 1.165) is 18.5 Å². The molecule has 1 aromatic carbocycles. The third-order valence-electron chi connectivity index (χ3n) is 3.53. The van der Waals surface area contributed by atoms with E-state index in [-0.39, 0.29) is 6.03 Å². The zero-order valence-corrected chi connectivity index (χ0v) is 13.9. The number of anilines is 1. The van der Waals surface area contributed by atoms with E-state index in [9.17, 15) is 4.79 Å². The van der Waals surface area contributed by atoms with E-state index in [1.54, 1.807) is 4.90 Å². The van der Waals surface area contributed by atoms with Crippen LogP contribution in [-0.4, -0.2) is 38.6 Å². The van der Waals surface area contributed by atoms with E-state index < -0.39 is 0 Å². The van der Waals surface area contributed by atoms with Gasteiger partial charge in [0, 0.05) is 39.9 Å². The number of nitrogens with one attached hydrogen (secondary N) is 1. The van der Waals surface area contributed by atoms with E-state index >= 15 is 0 Å². The molecule has 0 aromatic heterocycles. The van der Waals surface area contributed by atoms with Crippen molar-refractivity contribution < 1.29 is 4.79 Å². The summed E-state index contributed by atoms with van der Waals surface area (Å²) in [4.78, 5) is 15.8. The van der Waals surface area contributed by atoms with E-state index in [1.165, 1.54) is 24.9 Å². The molecule has 0 radical (unpaired) electrons. The molecule has 1 aromatic rings. The van der Waals surface area contributed by atoms with E-state index in [1.807, 2.05) is 21.1 Å². The van der Waals surface area contributed by atoms with Crippen molar-refractivity contribution in [3.05, 3.63) is 29.8 Å². The summed E-state index contributed by atoms with van der Waals surface area (Å²) in [7, 11) is 5.88. The van der Waals surface area contributed by atoms with Crippen LogP contribution >= 0.6 is 0 Å².